The number of ether oxygens (including phenoxy) is 1. The van der Waals surface area contributed by atoms with Crippen LogP contribution in [0.15, 0.2) is 29.2 Å². The van der Waals surface area contributed by atoms with Gasteiger partial charge in [0.25, 0.3) is 0 Å². The number of sulfonamides is 1. The number of nitrogens with zero attached hydrogens (tertiary/aromatic N) is 1. The second-order valence-electron chi connectivity index (χ2n) is 3.77. The monoisotopic (exact) mass is 266 g/mol. The van der Waals surface area contributed by atoms with Crippen LogP contribution in [0.3, 0.4) is 0 Å². The molecule has 1 unspecified atom stereocenters. The van der Waals surface area contributed by atoms with Crippen LogP contribution in [-0.4, -0.2) is 27.0 Å². The highest BCUT2D eigenvalue weighted by atomic mass is 32.2. The molecule has 2 rings (SSSR count). The quantitative estimate of drug-likeness (QED) is 0.786. The van der Waals surface area contributed by atoms with Crippen LogP contribution < -0.4 is 4.72 Å². The molecule has 1 aliphatic heterocycles. The molecule has 1 aliphatic rings. The number of nitriles is 1. The van der Waals surface area contributed by atoms with Gasteiger partial charge in [-0.3, -0.25) is 4.79 Å². The van der Waals surface area contributed by atoms with Crippen molar-refractivity contribution in [2.75, 3.05) is 6.61 Å². The van der Waals surface area contributed by atoms with Gasteiger partial charge in [-0.15, -0.1) is 0 Å². The van der Waals surface area contributed by atoms with E-state index < -0.39 is 22.0 Å². The third-order valence-corrected chi connectivity index (χ3v) is 4.01. The molecule has 0 aromatic heterocycles. The summed E-state index contributed by atoms with van der Waals surface area (Å²) in [5.41, 5.74) is 0.370. The van der Waals surface area contributed by atoms with Crippen molar-refractivity contribution < 1.29 is 17.9 Å². The van der Waals surface area contributed by atoms with Gasteiger partial charge >= 0.3 is 5.97 Å². The first-order valence-electron chi connectivity index (χ1n) is 5.22. The zero-order valence-corrected chi connectivity index (χ0v) is 10.1. The minimum absolute atomic E-state index is 0.0150. The third-order valence-electron chi connectivity index (χ3n) is 2.53. The van der Waals surface area contributed by atoms with E-state index in [1.165, 1.54) is 24.3 Å². The van der Waals surface area contributed by atoms with Crippen molar-refractivity contribution in [3.63, 3.8) is 0 Å². The van der Waals surface area contributed by atoms with Crippen molar-refractivity contribution in [1.29, 1.82) is 5.26 Å². The molecule has 6 nitrogen and oxygen atoms in total. The molecule has 0 aliphatic carbocycles. The summed E-state index contributed by atoms with van der Waals surface area (Å²) in [6, 6.07) is 6.52. The molecule has 1 saturated heterocycles. The van der Waals surface area contributed by atoms with Gasteiger partial charge < -0.3 is 4.74 Å². The summed E-state index contributed by atoms with van der Waals surface area (Å²) in [5.74, 6) is -0.563. The van der Waals surface area contributed by atoms with Gasteiger partial charge in [-0.1, -0.05) is 0 Å². The predicted octanol–water partition coefficient (Wildman–Crippen LogP) is 0.152. The van der Waals surface area contributed by atoms with Crippen LogP contribution in [0.2, 0.25) is 0 Å². The summed E-state index contributed by atoms with van der Waals surface area (Å²) in [6.45, 7) is 0.222. The summed E-state index contributed by atoms with van der Waals surface area (Å²) in [6.07, 6.45) is 0.328. The third kappa shape index (κ3) is 2.50. The number of benzene rings is 1. The second-order valence-corrected chi connectivity index (χ2v) is 5.48. The van der Waals surface area contributed by atoms with Gasteiger partial charge in [0.05, 0.1) is 23.1 Å². The van der Waals surface area contributed by atoms with Gasteiger partial charge in [0.15, 0.2) is 0 Å². The molecule has 7 heteroatoms. The van der Waals surface area contributed by atoms with Crippen molar-refractivity contribution in [3.8, 4) is 6.07 Å². The Hall–Kier alpha value is -1.91. The van der Waals surface area contributed by atoms with Crippen LogP contribution in [0.25, 0.3) is 0 Å². The van der Waals surface area contributed by atoms with Gasteiger partial charge in [-0.05, 0) is 24.3 Å². The summed E-state index contributed by atoms with van der Waals surface area (Å²) in [4.78, 5) is 11.2. The molecule has 94 valence electrons. The fourth-order valence-corrected chi connectivity index (χ4v) is 2.79. The van der Waals surface area contributed by atoms with Crippen LogP contribution in [-0.2, 0) is 19.6 Å². The van der Waals surface area contributed by atoms with Gasteiger partial charge in [0.1, 0.15) is 6.04 Å². The van der Waals surface area contributed by atoms with E-state index in [1.807, 2.05) is 6.07 Å². The first-order chi connectivity index (χ1) is 8.53. The Morgan fingerprint density at radius 3 is 2.50 bits per heavy atom. The maximum absolute atomic E-state index is 11.9. The van der Waals surface area contributed by atoms with Crippen LogP contribution in [0.4, 0.5) is 0 Å². The van der Waals surface area contributed by atoms with Crippen LogP contribution in [0, 0.1) is 11.3 Å². The average molecular weight is 266 g/mol. The lowest BCUT2D eigenvalue weighted by molar-refractivity contribution is -0.139. The van der Waals surface area contributed by atoms with Crippen LogP contribution >= 0.6 is 0 Å². The van der Waals surface area contributed by atoms with E-state index in [2.05, 4.69) is 9.46 Å². The lowest BCUT2D eigenvalue weighted by atomic mass is 10.2. The minimum Gasteiger partial charge on any atom is -0.464 e. The molecule has 1 fully saturated rings. The molecule has 18 heavy (non-hydrogen) atoms. The Balaban J connectivity index is 2.20. The van der Waals surface area contributed by atoms with Gasteiger partial charge in [-0.25, -0.2) is 8.42 Å². The first kappa shape index (κ1) is 12.5. The number of nitrogens with one attached hydrogen (secondary N) is 1. The zero-order chi connectivity index (χ0) is 13.2. The number of esters is 1. The lowest BCUT2D eigenvalue weighted by Gasteiger charge is -2.09. The largest absolute Gasteiger partial charge is 0.464 e. The Morgan fingerprint density at radius 1 is 1.33 bits per heavy atom. The van der Waals surface area contributed by atoms with Crippen molar-refractivity contribution in [3.05, 3.63) is 29.8 Å². The van der Waals surface area contributed by atoms with E-state index in [-0.39, 0.29) is 11.5 Å². The molecule has 0 saturated carbocycles. The SMILES string of the molecule is N#Cc1ccc(S(=O)(=O)NC2CCOC2=O)cc1. The highest BCUT2D eigenvalue weighted by Gasteiger charge is 2.31. The topological polar surface area (TPSA) is 96.3 Å². The first-order valence-corrected chi connectivity index (χ1v) is 6.70. The molecule has 0 radical (unpaired) electrons. The maximum Gasteiger partial charge on any atom is 0.324 e. The lowest BCUT2D eigenvalue weighted by Crippen LogP contribution is -2.37. The molecule has 1 atom stereocenters. The standard InChI is InChI=1S/C11H10N2O4S/c12-7-8-1-3-9(4-2-8)18(15,16)13-10-5-6-17-11(10)14/h1-4,10,13H,5-6H2. The highest BCUT2D eigenvalue weighted by Crippen LogP contribution is 2.13. The Labute approximate surface area is 104 Å². The molecule has 1 heterocycles. The van der Waals surface area contributed by atoms with Crippen LogP contribution in [0.5, 0.6) is 0 Å². The highest BCUT2D eigenvalue weighted by molar-refractivity contribution is 7.89. The van der Waals surface area contributed by atoms with E-state index in [0.29, 0.717) is 12.0 Å². The van der Waals surface area contributed by atoms with E-state index in [4.69, 9.17) is 5.26 Å². The molecule has 1 N–H and O–H groups in total. The number of hydrogen-bond acceptors (Lipinski definition) is 5. The number of carbonyl (C=O) groups excluding carboxylic acids is 1. The van der Waals surface area contributed by atoms with Crippen LogP contribution in [0.1, 0.15) is 12.0 Å². The average Bonchev–Trinajstić information content (AvgIpc) is 2.74. The Kier molecular flexibility index (Phi) is 3.32. The van der Waals surface area contributed by atoms with E-state index in [0.717, 1.165) is 0 Å². The van der Waals surface area contributed by atoms with Gasteiger partial charge in [0, 0.05) is 6.42 Å². The minimum atomic E-state index is -3.76. The summed E-state index contributed by atoms with van der Waals surface area (Å²) in [7, 11) is -3.76. The van der Waals surface area contributed by atoms with Crippen molar-refractivity contribution in [1.82, 2.24) is 4.72 Å². The molecule has 0 bridgehead atoms. The van der Waals surface area contributed by atoms with Crippen molar-refractivity contribution >= 4 is 16.0 Å². The summed E-state index contributed by atoms with van der Waals surface area (Å²) < 4.78 is 30.8. The van der Waals surface area contributed by atoms with E-state index in [1.54, 1.807) is 0 Å². The maximum atomic E-state index is 11.9. The molecule has 1 aromatic rings. The molecule has 0 amide bonds. The fourth-order valence-electron chi connectivity index (χ4n) is 1.57. The van der Waals surface area contributed by atoms with Gasteiger partial charge in [0.2, 0.25) is 10.0 Å². The van der Waals surface area contributed by atoms with Crippen molar-refractivity contribution in [2.24, 2.45) is 0 Å². The number of cyclic esters (lactones) is 1. The molecular formula is C11H10N2O4S. The molecule has 0 spiro atoms. The fraction of sp³-hybridized carbons (Fsp3) is 0.273. The Morgan fingerprint density at radius 2 is 2.00 bits per heavy atom. The smallest absolute Gasteiger partial charge is 0.324 e. The van der Waals surface area contributed by atoms with E-state index >= 15 is 0 Å². The summed E-state index contributed by atoms with van der Waals surface area (Å²) in [5, 5.41) is 8.62. The summed E-state index contributed by atoms with van der Waals surface area (Å²) >= 11 is 0. The molecule has 1 aromatic carbocycles. The predicted molar refractivity (Wildman–Crippen MR) is 60.8 cm³/mol. The molecular weight excluding hydrogens is 256 g/mol. The zero-order valence-electron chi connectivity index (χ0n) is 9.29. The van der Waals surface area contributed by atoms with Crippen molar-refractivity contribution in [2.45, 2.75) is 17.4 Å². The normalized spacial score (nSPS) is 19.3. The number of hydrogen-bond donors (Lipinski definition) is 1. The number of carbonyl (C=O) groups is 1. The van der Waals surface area contributed by atoms with E-state index in [9.17, 15) is 13.2 Å². The second kappa shape index (κ2) is 4.76. The van der Waals surface area contributed by atoms with Gasteiger partial charge in [-0.2, -0.15) is 9.98 Å². The number of rotatable bonds is 3. The Bertz CT molecular complexity index is 601.